The van der Waals surface area contributed by atoms with Crippen LogP contribution in [0.2, 0.25) is 0 Å². The van der Waals surface area contributed by atoms with Gasteiger partial charge >= 0.3 is 18.2 Å². The molecule has 178 valence electrons. The van der Waals surface area contributed by atoms with Crippen LogP contribution in [0.4, 0.5) is 23.7 Å². The van der Waals surface area contributed by atoms with Crippen LogP contribution in [0.15, 0.2) is 30.5 Å². The van der Waals surface area contributed by atoms with Crippen LogP contribution in [0.25, 0.3) is 0 Å². The van der Waals surface area contributed by atoms with Gasteiger partial charge in [0.2, 0.25) is 0 Å². The van der Waals surface area contributed by atoms with Crippen LogP contribution in [0.5, 0.6) is 0 Å². The number of aromatic nitrogens is 2. The topological polar surface area (TPSA) is 102 Å². The third kappa shape index (κ3) is 5.11. The first-order valence-electron chi connectivity index (χ1n) is 10.6. The van der Waals surface area contributed by atoms with Crippen molar-refractivity contribution in [2.24, 2.45) is 0 Å². The Kier molecular flexibility index (Phi) is 6.30. The normalized spacial score (nSPS) is 19.8. The fourth-order valence-corrected chi connectivity index (χ4v) is 4.16. The summed E-state index contributed by atoms with van der Waals surface area (Å²) in [5.41, 5.74) is 0.259. The number of anilines is 1. The van der Waals surface area contributed by atoms with E-state index < -0.39 is 29.8 Å². The van der Waals surface area contributed by atoms with Crippen LogP contribution in [0.1, 0.15) is 28.0 Å². The van der Waals surface area contributed by atoms with Gasteiger partial charge in [0.15, 0.2) is 5.69 Å². The highest BCUT2D eigenvalue weighted by atomic mass is 19.4. The second-order valence-corrected chi connectivity index (χ2v) is 8.23. The monoisotopic (exact) mass is 467 g/mol. The summed E-state index contributed by atoms with van der Waals surface area (Å²) in [6, 6.07) is 4.52. The Labute approximate surface area is 187 Å². The number of carboxylic acids is 1. The molecule has 2 saturated heterocycles. The van der Waals surface area contributed by atoms with Crippen LogP contribution in [0, 0.1) is 0 Å². The molecule has 0 saturated carbocycles. The Balaban J connectivity index is 1.43. The number of carboxylic acid groups (broad SMARTS) is 1. The van der Waals surface area contributed by atoms with Crippen LogP contribution in [-0.4, -0.2) is 87.2 Å². The zero-order chi connectivity index (χ0) is 23.8. The zero-order valence-corrected chi connectivity index (χ0v) is 17.7. The van der Waals surface area contributed by atoms with Gasteiger partial charge in [-0.3, -0.25) is 4.90 Å². The SMILES string of the molecule is O=C(O)c1ccn(C(=O)N2CCN(Cc3ccc(C(F)(F)F)cc3N3CC[C@H](O)C3)CC2)n1. The summed E-state index contributed by atoms with van der Waals surface area (Å²) >= 11 is 0. The van der Waals surface area contributed by atoms with E-state index in [0.717, 1.165) is 22.4 Å². The molecule has 1 amide bonds. The number of alkyl halides is 3. The van der Waals surface area contributed by atoms with E-state index in [1.807, 2.05) is 4.90 Å². The molecule has 1 aromatic heterocycles. The fourth-order valence-electron chi connectivity index (χ4n) is 4.16. The van der Waals surface area contributed by atoms with E-state index in [1.165, 1.54) is 18.3 Å². The first-order valence-corrected chi connectivity index (χ1v) is 10.6. The van der Waals surface area contributed by atoms with Gasteiger partial charge in [0.1, 0.15) is 0 Å². The molecule has 0 aliphatic carbocycles. The van der Waals surface area contributed by atoms with Crippen molar-refractivity contribution in [2.45, 2.75) is 25.2 Å². The predicted octanol–water partition coefficient (Wildman–Crippen LogP) is 1.96. The van der Waals surface area contributed by atoms with Gasteiger partial charge in [-0.2, -0.15) is 23.0 Å². The van der Waals surface area contributed by atoms with E-state index in [1.54, 1.807) is 9.80 Å². The number of aliphatic hydroxyl groups is 1. The molecule has 0 radical (unpaired) electrons. The first-order chi connectivity index (χ1) is 15.6. The minimum Gasteiger partial charge on any atom is -0.476 e. The summed E-state index contributed by atoms with van der Waals surface area (Å²) in [7, 11) is 0. The average molecular weight is 467 g/mol. The molecule has 2 aliphatic rings. The van der Waals surface area contributed by atoms with Crippen LogP contribution in [-0.2, 0) is 12.7 Å². The highest BCUT2D eigenvalue weighted by Gasteiger charge is 2.33. The molecule has 9 nitrogen and oxygen atoms in total. The lowest BCUT2D eigenvalue weighted by atomic mass is 10.1. The number of amides is 1. The number of carbonyl (C=O) groups is 2. The van der Waals surface area contributed by atoms with Crippen molar-refractivity contribution in [3.8, 4) is 0 Å². The molecule has 1 atom stereocenters. The van der Waals surface area contributed by atoms with Crippen molar-refractivity contribution < 1.29 is 33.0 Å². The van der Waals surface area contributed by atoms with Crippen molar-refractivity contribution in [1.29, 1.82) is 0 Å². The lowest BCUT2D eigenvalue weighted by Gasteiger charge is -2.35. The molecule has 2 aromatic rings. The average Bonchev–Trinajstić information content (AvgIpc) is 3.43. The van der Waals surface area contributed by atoms with Gasteiger partial charge in [-0.15, -0.1) is 0 Å². The number of hydrogen-bond donors (Lipinski definition) is 2. The molecule has 0 unspecified atom stereocenters. The van der Waals surface area contributed by atoms with Crippen molar-refractivity contribution in [2.75, 3.05) is 44.2 Å². The number of aliphatic hydroxyl groups excluding tert-OH is 1. The first kappa shape index (κ1) is 23.1. The summed E-state index contributed by atoms with van der Waals surface area (Å²) in [6.45, 7) is 2.94. The van der Waals surface area contributed by atoms with E-state index in [0.29, 0.717) is 57.9 Å². The van der Waals surface area contributed by atoms with Crippen molar-refractivity contribution in [1.82, 2.24) is 19.6 Å². The lowest BCUT2D eigenvalue weighted by Crippen LogP contribution is -2.49. The van der Waals surface area contributed by atoms with E-state index in [-0.39, 0.29) is 5.69 Å². The summed E-state index contributed by atoms with van der Waals surface area (Å²) in [5.74, 6) is -1.22. The molecule has 1 aromatic carbocycles. The molecule has 3 heterocycles. The summed E-state index contributed by atoms with van der Waals surface area (Å²) in [4.78, 5) is 28.9. The molecular formula is C21H24F3N5O4. The summed E-state index contributed by atoms with van der Waals surface area (Å²) < 4.78 is 40.8. The minimum atomic E-state index is -4.45. The van der Waals surface area contributed by atoms with Gasteiger partial charge < -0.3 is 20.0 Å². The highest BCUT2D eigenvalue weighted by Crippen LogP contribution is 2.35. The molecular weight excluding hydrogens is 443 g/mol. The smallest absolute Gasteiger partial charge is 0.416 e. The molecule has 12 heteroatoms. The van der Waals surface area contributed by atoms with Crippen molar-refractivity contribution >= 4 is 17.7 Å². The number of hydrogen-bond acceptors (Lipinski definition) is 6. The number of β-amino-alcohol motifs (C(OH)–C–C–N with tert-alkyl or cyclic N) is 1. The Bertz CT molecular complexity index is 1030. The largest absolute Gasteiger partial charge is 0.476 e. The number of aromatic carboxylic acids is 1. The van der Waals surface area contributed by atoms with Gasteiger partial charge in [-0.1, -0.05) is 6.07 Å². The van der Waals surface area contributed by atoms with Gasteiger partial charge in [0, 0.05) is 57.7 Å². The van der Waals surface area contributed by atoms with Crippen LogP contribution in [0.3, 0.4) is 0 Å². The Morgan fingerprint density at radius 3 is 2.39 bits per heavy atom. The van der Waals surface area contributed by atoms with E-state index in [9.17, 15) is 27.9 Å². The molecule has 2 fully saturated rings. The highest BCUT2D eigenvalue weighted by molar-refractivity contribution is 5.86. The quantitative estimate of drug-likeness (QED) is 0.709. The van der Waals surface area contributed by atoms with Crippen LogP contribution >= 0.6 is 0 Å². The molecule has 33 heavy (non-hydrogen) atoms. The summed E-state index contributed by atoms with van der Waals surface area (Å²) in [5, 5.41) is 22.6. The van der Waals surface area contributed by atoms with Gasteiger partial charge in [-0.05, 0) is 30.2 Å². The minimum absolute atomic E-state index is 0.219. The third-order valence-corrected chi connectivity index (χ3v) is 5.96. The number of rotatable bonds is 4. The Morgan fingerprint density at radius 2 is 1.82 bits per heavy atom. The molecule has 0 bridgehead atoms. The van der Waals surface area contributed by atoms with Crippen LogP contribution < -0.4 is 4.90 Å². The maximum absolute atomic E-state index is 13.3. The molecule has 4 rings (SSSR count). The number of carbonyl (C=O) groups excluding carboxylic acids is 1. The molecule has 0 spiro atoms. The molecule has 2 aliphatic heterocycles. The van der Waals surface area contributed by atoms with Crippen molar-refractivity contribution in [3.63, 3.8) is 0 Å². The fraction of sp³-hybridized carbons (Fsp3) is 0.476. The standard InChI is InChI=1S/C21H24F3N5O4/c22-21(23,24)15-2-1-14(18(11-15)28-5-3-16(30)13-28)12-26-7-9-27(10-8-26)20(33)29-6-4-17(25-29)19(31)32/h1-2,4,6,11,16,30H,3,5,7-10,12-13H2,(H,31,32)/t16-/m0/s1. The maximum Gasteiger partial charge on any atom is 0.416 e. The maximum atomic E-state index is 13.3. The second kappa shape index (κ2) is 9.02. The number of nitrogens with zero attached hydrogens (tertiary/aromatic N) is 5. The Morgan fingerprint density at radius 1 is 1.09 bits per heavy atom. The molecule has 2 N–H and O–H groups in total. The summed E-state index contributed by atoms with van der Waals surface area (Å²) in [6.07, 6.45) is -3.21. The lowest BCUT2D eigenvalue weighted by molar-refractivity contribution is -0.137. The zero-order valence-electron chi connectivity index (χ0n) is 17.7. The third-order valence-electron chi connectivity index (χ3n) is 5.96. The van der Waals surface area contributed by atoms with Gasteiger partial charge in [0.25, 0.3) is 0 Å². The van der Waals surface area contributed by atoms with E-state index in [2.05, 4.69) is 5.10 Å². The Hall–Kier alpha value is -3.12. The number of piperazine rings is 1. The van der Waals surface area contributed by atoms with Crippen molar-refractivity contribution in [3.05, 3.63) is 47.3 Å². The van der Waals surface area contributed by atoms with Gasteiger partial charge in [-0.25, -0.2) is 9.59 Å². The second-order valence-electron chi connectivity index (χ2n) is 8.23. The van der Waals surface area contributed by atoms with E-state index >= 15 is 0 Å². The van der Waals surface area contributed by atoms with E-state index in [4.69, 9.17) is 5.11 Å². The predicted molar refractivity (Wildman–Crippen MR) is 111 cm³/mol. The number of halogens is 3. The van der Waals surface area contributed by atoms with Gasteiger partial charge in [0.05, 0.1) is 11.7 Å². The number of benzene rings is 1.